The zero-order valence-electron chi connectivity index (χ0n) is 15.8. The van der Waals surface area contributed by atoms with E-state index < -0.39 is 11.7 Å². The highest BCUT2D eigenvalue weighted by atomic mass is 35.5. The van der Waals surface area contributed by atoms with E-state index in [9.17, 15) is 14.7 Å². The fraction of sp³-hybridized carbons (Fsp3) is 0.474. The van der Waals surface area contributed by atoms with E-state index in [2.05, 4.69) is 10.2 Å². The van der Waals surface area contributed by atoms with Gasteiger partial charge in [0, 0.05) is 52.9 Å². The first-order chi connectivity index (χ1) is 13.4. The van der Waals surface area contributed by atoms with Crippen LogP contribution in [0.3, 0.4) is 0 Å². The molecule has 9 heteroatoms. The minimum atomic E-state index is -0.485. The molecule has 0 aliphatic carbocycles. The van der Waals surface area contributed by atoms with Gasteiger partial charge in [-0.1, -0.05) is 29.3 Å². The number of nitrogens with one attached hydrogen (secondary N) is 1. The lowest BCUT2D eigenvalue weighted by Gasteiger charge is -2.29. The fourth-order valence-electron chi connectivity index (χ4n) is 3.38. The van der Waals surface area contributed by atoms with E-state index in [4.69, 9.17) is 23.2 Å². The van der Waals surface area contributed by atoms with Crippen LogP contribution >= 0.6 is 23.2 Å². The van der Waals surface area contributed by atoms with Crippen LogP contribution in [0.5, 0.6) is 0 Å². The summed E-state index contributed by atoms with van der Waals surface area (Å²) >= 11 is 11.9. The smallest absolute Gasteiger partial charge is 0.289 e. The summed E-state index contributed by atoms with van der Waals surface area (Å²) in [5.41, 5.74) is 0.943. The number of likely N-dealkylation sites (N-methyl/N-ethyl adjacent to an activating group) is 1. The van der Waals surface area contributed by atoms with Crippen molar-refractivity contribution < 1.29 is 14.7 Å². The highest BCUT2D eigenvalue weighted by Crippen LogP contribution is 2.24. The maximum Gasteiger partial charge on any atom is 0.289 e. The zero-order valence-corrected chi connectivity index (χ0v) is 17.3. The molecule has 2 aliphatic rings. The van der Waals surface area contributed by atoms with Gasteiger partial charge < -0.3 is 20.2 Å². The normalized spacial score (nSPS) is 18.1. The Morgan fingerprint density at radius 1 is 1.21 bits per heavy atom. The Labute approximate surface area is 174 Å². The van der Waals surface area contributed by atoms with Crippen LogP contribution in [0.15, 0.2) is 29.5 Å². The quantitative estimate of drug-likeness (QED) is 0.720. The second-order valence-corrected chi connectivity index (χ2v) is 7.87. The van der Waals surface area contributed by atoms with Crippen molar-refractivity contribution >= 4 is 35.0 Å². The number of halogens is 2. The molecule has 0 bridgehead atoms. The van der Waals surface area contributed by atoms with Gasteiger partial charge in [-0.05, 0) is 17.7 Å². The SMILES string of the molecule is CN(Cc1ccc(Cl)c(Cl)c1)C(=O)C1=C(O)C(=O)N(CCN2CCNCC2)C1. The summed E-state index contributed by atoms with van der Waals surface area (Å²) in [4.78, 5) is 30.3. The van der Waals surface area contributed by atoms with Crippen molar-refractivity contribution in [2.45, 2.75) is 6.54 Å². The Morgan fingerprint density at radius 2 is 1.93 bits per heavy atom. The van der Waals surface area contributed by atoms with Crippen LogP contribution in [0.4, 0.5) is 0 Å². The molecule has 1 aromatic carbocycles. The maximum atomic E-state index is 12.8. The van der Waals surface area contributed by atoms with Crippen LogP contribution in [0, 0.1) is 0 Å². The molecule has 0 atom stereocenters. The standard InChI is InChI=1S/C19H24Cl2N4O3/c1-23(11-13-2-3-15(20)16(21)10-13)18(27)14-12-25(19(28)17(14)26)9-8-24-6-4-22-5-7-24/h2-3,10,22,26H,4-9,11-12H2,1H3. The van der Waals surface area contributed by atoms with Crippen LogP contribution in [-0.2, 0) is 16.1 Å². The molecule has 2 heterocycles. The summed E-state index contributed by atoms with van der Waals surface area (Å²) < 4.78 is 0. The molecule has 2 amide bonds. The highest BCUT2D eigenvalue weighted by molar-refractivity contribution is 6.42. The van der Waals surface area contributed by atoms with Gasteiger partial charge in [0.05, 0.1) is 22.2 Å². The van der Waals surface area contributed by atoms with Gasteiger partial charge in [-0.2, -0.15) is 0 Å². The average Bonchev–Trinajstić information content (AvgIpc) is 2.97. The number of carbonyl (C=O) groups is 2. The Bertz CT molecular complexity index is 793. The van der Waals surface area contributed by atoms with Gasteiger partial charge in [-0.3, -0.25) is 14.5 Å². The molecule has 0 aromatic heterocycles. The van der Waals surface area contributed by atoms with Gasteiger partial charge in [-0.15, -0.1) is 0 Å². The number of piperazine rings is 1. The third kappa shape index (κ3) is 4.78. The second kappa shape index (κ2) is 9.13. The summed E-state index contributed by atoms with van der Waals surface area (Å²) in [6.07, 6.45) is 0. The summed E-state index contributed by atoms with van der Waals surface area (Å²) in [6.45, 7) is 5.35. The van der Waals surface area contributed by atoms with Crippen LogP contribution in [0.2, 0.25) is 10.0 Å². The van der Waals surface area contributed by atoms with E-state index in [0.717, 1.165) is 38.3 Å². The molecule has 1 fully saturated rings. The van der Waals surface area contributed by atoms with E-state index in [1.54, 1.807) is 25.2 Å². The molecule has 7 nitrogen and oxygen atoms in total. The molecule has 0 saturated carbocycles. The van der Waals surface area contributed by atoms with Crippen molar-refractivity contribution in [3.8, 4) is 0 Å². The maximum absolute atomic E-state index is 12.8. The monoisotopic (exact) mass is 426 g/mol. The molecule has 2 N–H and O–H groups in total. The summed E-state index contributed by atoms with van der Waals surface area (Å²) in [6, 6.07) is 5.15. The van der Waals surface area contributed by atoms with Crippen molar-refractivity contribution in [2.24, 2.45) is 0 Å². The van der Waals surface area contributed by atoms with Gasteiger partial charge in [0.15, 0.2) is 5.76 Å². The molecule has 3 rings (SSSR count). The first kappa shape index (κ1) is 20.9. The highest BCUT2D eigenvalue weighted by Gasteiger charge is 2.35. The van der Waals surface area contributed by atoms with Crippen LogP contribution in [0.1, 0.15) is 5.56 Å². The topological polar surface area (TPSA) is 76.1 Å². The fourth-order valence-corrected chi connectivity index (χ4v) is 3.70. The third-order valence-electron chi connectivity index (χ3n) is 5.03. The van der Waals surface area contributed by atoms with Crippen molar-refractivity contribution in [2.75, 3.05) is 52.9 Å². The zero-order chi connectivity index (χ0) is 20.3. The van der Waals surface area contributed by atoms with E-state index in [1.807, 2.05) is 0 Å². The third-order valence-corrected chi connectivity index (χ3v) is 5.77. The lowest BCUT2D eigenvalue weighted by molar-refractivity contribution is -0.128. The largest absolute Gasteiger partial charge is 0.503 e. The average molecular weight is 427 g/mol. The number of nitrogens with zero attached hydrogens (tertiary/aromatic N) is 3. The van der Waals surface area contributed by atoms with Crippen LogP contribution in [-0.4, -0.2) is 84.5 Å². The molecular formula is C19H24Cl2N4O3. The number of hydrogen-bond acceptors (Lipinski definition) is 5. The number of amides is 2. The first-order valence-electron chi connectivity index (χ1n) is 9.20. The number of aliphatic hydroxyl groups is 1. The number of aliphatic hydroxyl groups excluding tert-OH is 1. The lowest BCUT2D eigenvalue weighted by Crippen LogP contribution is -2.46. The molecule has 0 spiro atoms. The van der Waals surface area contributed by atoms with E-state index >= 15 is 0 Å². The molecular weight excluding hydrogens is 403 g/mol. The lowest BCUT2D eigenvalue weighted by atomic mass is 10.2. The molecule has 1 aromatic rings. The predicted octanol–water partition coefficient (Wildman–Crippen LogP) is 1.51. The molecule has 0 unspecified atom stereocenters. The van der Waals surface area contributed by atoms with Crippen molar-refractivity contribution in [3.05, 3.63) is 45.1 Å². The van der Waals surface area contributed by atoms with Crippen molar-refractivity contribution in [1.82, 2.24) is 20.0 Å². The Morgan fingerprint density at radius 3 is 2.61 bits per heavy atom. The van der Waals surface area contributed by atoms with E-state index in [1.165, 1.54) is 9.80 Å². The summed E-state index contributed by atoms with van der Waals surface area (Å²) in [5.74, 6) is -1.31. The molecule has 0 radical (unpaired) electrons. The number of benzene rings is 1. The van der Waals surface area contributed by atoms with Gasteiger partial charge in [0.1, 0.15) is 0 Å². The van der Waals surface area contributed by atoms with Crippen LogP contribution < -0.4 is 5.32 Å². The van der Waals surface area contributed by atoms with Crippen molar-refractivity contribution in [1.29, 1.82) is 0 Å². The van der Waals surface area contributed by atoms with Crippen LogP contribution in [0.25, 0.3) is 0 Å². The van der Waals surface area contributed by atoms with E-state index in [0.29, 0.717) is 23.1 Å². The molecule has 2 aliphatic heterocycles. The summed E-state index contributed by atoms with van der Waals surface area (Å²) in [5, 5.41) is 14.4. The molecule has 1 saturated heterocycles. The first-order valence-corrected chi connectivity index (χ1v) is 9.96. The minimum absolute atomic E-state index is 0.126. The molecule has 152 valence electrons. The number of rotatable bonds is 6. The number of hydrogen-bond donors (Lipinski definition) is 2. The van der Waals surface area contributed by atoms with Gasteiger partial charge in [0.25, 0.3) is 11.8 Å². The van der Waals surface area contributed by atoms with Crippen molar-refractivity contribution in [3.63, 3.8) is 0 Å². The van der Waals surface area contributed by atoms with E-state index in [-0.39, 0.29) is 18.0 Å². The second-order valence-electron chi connectivity index (χ2n) is 7.06. The van der Waals surface area contributed by atoms with Gasteiger partial charge in [-0.25, -0.2) is 0 Å². The predicted molar refractivity (Wildman–Crippen MR) is 108 cm³/mol. The Kier molecular flexibility index (Phi) is 6.82. The van der Waals surface area contributed by atoms with Gasteiger partial charge >= 0.3 is 0 Å². The Balaban J connectivity index is 1.59. The minimum Gasteiger partial charge on any atom is -0.503 e. The summed E-state index contributed by atoms with van der Waals surface area (Å²) in [7, 11) is 1.62. The molecule has 28 heavy (non-hydrogen) atoms. The van der Waals surface area contributed by atoms with Gasteiger partial charge in [0.2, 0.25) is 0 Å². The Hall–Kier alpha value is -1.80. The number of carbonyl (C=O) groups excluding carboxylic acids is 2.